The highest BCUT2D eigenvalue weighted by Crippen LogP contribution is 2.23. The SMILES string of the molecule is Cc1nnc(-c2ccc([N+](=O)[O-])c(C)c2)nn1. The molecule has 0 radical (unpaired) electrons. The van der Waals surface area contributed by atoms with Gasteiger partial charge in [-0.2, -0.15) is 0 Å². The smallest absolute Gasteiger partial charge is 0.258 e. The molecule has 1 aromatic carbocycles. The van der Waals surface area contributed by atoms with Gasteiger partial charge in [-0.15, -0.1) is 20.4 Å². The van der Waals surface area contributed by atoms with E-state index in [0.29, 0.717) is 22.8 Å². The second kappa shape index (κ2) is 4.20. The van der Waals surface area contributed by atoms with Crippen LogP contribution in [0.4, 0.5) is 5.69 Å². The second-order valence-corrected chi connectivity index (χ2v) is 3.53. The van der Waals surface area contributed by atoms with Gasteiger partial charge in [0.25, 0.3) is 5.69 Å². The molecule has 1 heterocycles. The predicted octanol–water partition coefficient (Wildman–Crippen LogP) is 1.46. The maximum absolute atomic E-state index is 10.7. The summed E-state index contributed by atoms with van der Waals surface area (Å²) in [5.41, 5.74) is 1.28. The molecule has 0 unspecified atom stereocenters. The Balaban J connectivity index is 2.44. The average molecular weight is 231 g/mol. The number of nitro groups is 1. The van der Waals surface area contributed by atoms with Crippen LogP contribution in [0.2, 0.25) is 0 Å². The number of aromatic nitrogens is 4. The molecular weight excluding hydrogens is 222 g/mol. The summed E-state index contributed by atoms with van der Waals surface area (Å²) >= 11 is 0. The first-order valence-electron chi connectivity index (χ1n) is 4.87. The van der Waals surface area contributed by atoms with Crippen LogP contribution in [0.3, 0.4) is 0 Å². The van der Waals surface area contributed by atoms with Gasteiger partial charge in [0, 0.05) is 17.2 Å². The molecule has 0 saturated carbocycles. The van der Waals surface area contributed by atoms with Gasteiger partial charge in [0.1, 0.15) is 0 Å². The maximum atomic E-state index is 10.7. The minimum atomic E-state index is -0.425. The zero-order valence-electron chi connectivity index (χ0n) is 9.28. The number of aryl methyl sites for hydroxylation is 2. The quantitative estimate of drug-likeness (QED) is 0.573. The minimum absolute atomic E-state index is 0.0711. The molecule has 86 valence electrons. The third-order valence-corrected chi connectivity index (χ3v) is 2.23. The van der Waals surface area contributed by atoms with Gasteiger partial charge in [-0.1, -0.05) is 0 Å². The molecule has 0 spiro atoms. The van der Waals surface area contributed by atoms with E-state index in [2.05, 4.69) is 20.4 Å². The van der Waals surface area contributed by atoms with E-state index in [-0.39, 0.29) is 5.69 Å². The fraction of sp³-hybridized carbons (Fsp3) is 0.200. The van der Waals surface area contributed by atoms with Gasteiger partial charge in [-0.25, -0.2) is 0 Å². The number of rotatable bonds is 2. The van der Waals surface area contributed by atoms with Crippen LogP contribution < -0.4 is 0 Å². The number of hydrogen-bond acceptors (Lipinski definition) is 6. The standard InChI is InChI=1S/C10H9N5O2/c1-6-5-8(3-4-9(6)15(16)17)10-13-11-7(2)12-14-10/h3-5H,1-2H3. The first-order valence-corrected chi connectivity index (χ1v) is 4.87. The molecule has 0 atom stereocenters. The van der Waals surface area contributed by atoms with Gasteiger partial charge in [0.2, 0.25) is 5.82 Å². The van der Waals surface area contributed by atoms with E-state index in [4.69, 9.17) is 0 Å². The third-order valence-electron chi connectivity index (χ3n) is 2.23. The van der Waals surface area contributed by atoms with Crippen molar-refractivity contribution < 1.29 is 4.92 Å². The van der Waals surface area contributed by atoms with Crippen LogP contribution in [0.25, 0.3) is 11.4 Å². The van der Waals surface area contributed by atoms with Gasteiger partial charge in [-0.3, -0.25) is 10.1 Å². The molecule has 7 nitrogen and oxygen atoms in total. The van der Waals surface area contributed by atoms with Crippen LogP contribution >= 0.6 is 0 Å². The molecule has 0 N–H and O–H groups in total. The summed E-state index contributed by atoms with van der Waals surface area (Å²) in [5, 5.41) is 26.0. The van der Waals surface area contributed by atoms with Crippen molar-refractivity contribution in [2.75, 3.05) is 0 Å². The molecule has 0 bridgehead atoms. The summed E-state index contributed by atoms with van der Waals surface area (Å²) in [6.45, 7) is 3.35. The third kappa shape index (κ3) is 2.22. The normalized spacial score (nSPS) is 10.2. The zero-order valence-corrected chi connectivity index (χ0v) is 9.28. The van der Waals surface area contributed by atoms with Gasteiger partial charge in [0.15, 0.2) is 5.82 Å². The van der Waals surface area contributed by atoms with Crippen molar-refractivity contribution in [2.24, 2.45) is 0 Å². The molecule has 1 aromatic heterocycles. The van der Waals surface area contributed by atoms with Crippen molar-refractivity contribution in [3.63, 3.8) is 0 Å². The lowest BCUT2D eigenvalue weighted by atomic mass is 10.1. The van der Waals surface area contributed by atoms with E-state index in [0.717, 1.165) is 0 Å². The van der Waals surface area contributed by atoms with Crippen LogP contribution in [0, 0.1) is 24.0 Å². The Labute approximate surface area is 96.7 Å². The lowest BCUT2D eigenvalue weighted by Crippen LogP contribution is -1.99. The molecule has 0 amide bonds. The molecule has 2 aromatic rings. The van der Waals surface area contributed by atoms with E-state index >= 15 is 0 Å². The van der Waals surface area contributed by atoms with Gasteiger partial charge in [-0.05, 0) is 26.0 Å². The Morgan fingerprint density at radius 2 is 1.76 bits per heavy atom. The van der Waals surface area contributed by atoms with Crippen molar-refractivity contribution >= 4 is 5.69 Å². The van der Waals surface area contributed by atoms with E-state index in [9.17, 15) is 10.1 Å². The molecule has 0 fully saturated rings. The Kier molecular flexibility index (Phi) is 2.73. The summed E-state index contributed by atoms with van der Waals surface area (Å²) in [6.07, 6.45) is 0. The van der Waals surface area contributed by atoms with Crippen LogP contribution in [-0.2, 0) is 0 Å². The molecule has 7 heteroatoms. The summed E-state index contributed by atoms with van der Waals surface area (Å²) < 4.78 is 0. The highest BCUT2D eigenvalue weighted by Gasteiger charge is 2.12. The highest BCUT2D eigenvalue weighted by atomic mass is 16.6. The van der Waals surface area contributed by atoms with Crippen molar-refractivity contribution in [2.45, 2.75) is 13.8 Å². The van der Waals surface area contributed by atoms with Crippen molar-refractivity contribution in [1.29, 1.82) is 0 Å². The van der Waals surface area contributed by atoms with Gasteiger partial charge < -0.3 is 0 Å². The Bertz CT molecular complexity index is 567. The van der Waals surface area contributed by atoms with Crippen LogP contribution in [0.1, 0.15) is 11.4 Å². The van der Waals surface area contributed by atoms with Gasteiger partial charge in [0.05, 0.1) is 4.92 Å². The lowest BCUT2D eigenvalue weighted by Gasteiger charge is -2.01. The summed E-state index contributed by atoms with van der Waals surface area (Å²) in [5.74, 6) is 0.834. The molecule has 0 aliphatic heterocycles. The van der Waals surface area contributed by atoms with Crippen LogP contribution in [-0.4, -0.2) is 25.3 Å². The average Bonchev–Trinajstić information content (AvgIpc) is 2.29. The highest BCUT2D eigenvalue weighted by molar-refractivity contribution is 5.59. The largest absolute Gasteiger partial charge is 0.272 e. The number of benzene rings is 1. The fourth-order valence-corrected chi connectivity index (χ4v) is 1.39. The number of hydrogen-bond donors (Lipinski definition) is 0. The molecule has 0 saturated heterocycles. The summed E-state index contributed by atoms with van der Waals surface area (Å²) in [6, 6.07) is 4.65. The predicted molar refractivity (Wildman–Crippen MR) is 59.2 cm³/mol. The fourth-order valence-electron chi connectivity index (χ4n) is 1.39. The van der Waals surface area contributed by atoms with Crippen LogP contribution in [0.15, 0.2) is 18.2 Å². The van der Waals surface area contributed by atoms with E-state index in [1.54, 1.807) is 26.0 Å². The number of nitro benzene ring substituents is 1. The maximum Gasteiger partial charge on any atom is 0.272 e. The molecular formula is C10H9N5O2. The Morgan fingerprint density at radius 3 is 2.29 bits per heavy atom. The summed E-state index contributed by atoms with van der Waals surface area (Å²) in [4.78, 5) is 10.2. The molecule has 0 aliphatic rings. The van der Waals surface area contributed by atoms with Crippen molar-refractivity contribution in [3.05, 3.63) is 39.7 Å². The molecule has 2 rings (SSSR count). The van der Waals surface area contributed by atoms with Crippen LogP contribution in [0.5, 0.6) is 0 Å². The molecule has 17 heavy (non-hydrogen) atoms. The Hall–Kier alpha value is -2.44. The summed E-state index contributed by atoms with van der Waals surface area (Å²) in [7, 11) is 0. The second-order valence-electron chi connectivity index (χ2n) is 3.53. The van der Waals surface area contributed by atoms with Gasteiger partial charge >= 0.3 is 0 Å². The lowest BCUT2D eigenvalue weighted by molar-refractivity contribution is -0.385. The van der Waals surface area contributed by atoms with E-state index < -0.39 is 4.92 Å². The monoisotopic (exact) mass is 231 g/mol. The van der Waals surface area contributed by atoms with Crippen molar-refractivity contribution in [1.82, 2.24) is 20.4 Å². The molecule has 0 aliphatic carbocycles. The number of nitrogens with zero attached hydrogens (tertiary/aromatic N) is 5. The first-order chi connectivity index (χ1) is 8.08. The topological polar surface area (TPSA) is 94.7 Å². The first kappa shape index (κ1) is 11.1. The Morgan fingerprint density at radius 1 is 1.12 bits per heavy atom. The van der Waals surface area contributed by atoms with Crippen molar-refractivity contribution in [3.8, 4) is 11.4 Å². The van der Waals surface area contributed by atoms with E-state index in [1.807, 2.05) is 0 Å². The minimum Gasteiger partial charge on any atom is -0.258 e. The zero-order chi connectivity index (χ0) is 12.4. The van der Waals surface area contributed by atoms with E-state index in [1.165, 1.54) is 6.07 Å².